The van der Waals surface area contributed by atoms with Crippen LogP contribution in [0.15, 0.2) is 30.3 Å². The maximum absolute atomic E-state index is 13.2. The lowest BCUT2D eigenvalue weighted by Gasteiger charge is -2.41. The van der Waals surface area contributed by atoms with Crippen LogP contribution < -0.4 is 9.47 Å². The zero-order chi connectivity index (χ0) is 26.4. The van der Waals surface area contributed by atoms with E-state index in [9.17, 15) is 26.7 Å². The number of fused-ring (bicyclic) bond motifs is 1. The molecule has 1 unspecified atom stereocenters. The van der Waals surface area contributed by atoms with Gasteiger partial charge in [0.1, 0.15) is 29.9 Å². The number of amides is 1. The summed E-state index contributed by atoms with van der Waals surface area (Å²) in [4.78, 5) is 22.7. The molecule has 2 aromatic rings. The number of methoxy groups -OCH3 is 1. The monoisotopic (exact) mass is 529 g/mol. The van der Waals surface area contributed by atoms with E-state index >= 15 is 0 Å². The molecule has 2 aromatic heterocycles. The van der Waals surface area contributed by atoms with Gasteiger partial charge in [-0.3, -0.25) is 4.79 Å². The second-order valence-corrected chi connectivity index (χ2v) is 9.36. The second kappa shape index (κ2) is 9.35. The van der Waals surface area contributed by atoms with Crippen molar-refractivity contribution in [1.29, 1.82) is 0 Å². The summed E-state index contributed by atoms with van der Waals surface area (Å²) >= 11 is 0. The standard InChI is InChI=1S/C24H24F5N3O5/c1-34-20-16(35-12-14-9-22(25,26)10-14)6-5-15(30-20)21(33)32-8-7-23(19(11-32)36-13-37-23)17-3-2-4-18(31-17)24(27,28)29/h2-6,14,19H,7-13H2,1H3/t19?,23-/m1/s1. The van der Waals surface area contributed by atoms with E-state index in [1.165, 1.54) is 36.3 Å². The third-order valence-corrected chi connectivity index (χ3v) is 6.89. The van der Waals surface area contributed by atoms with Crippen molar-refractivity contribution < 1.29 is 45.7 Å². The fourth-order valence-electron chi connectivity index (χ4n) is 4.93. The SMILES string of the molecule is COc1nc(C(=O)N2CC[C@]3(c4cccc(C(F)(F)F)n4)OCOC3C2)ccc1OCC1CC(F)(F)C1. The summed E-state index contributed by atoms with van der Waals surface area (Å²) in [6.45, 7) is 0.150. The third-order valence-electron chi connectivity index (χ3n) is 6.89. The van der Waals surface area contributed by atoms with Crippen molar-refractivity contribution in [1.82, 2.24) is 14.9 Å². The van der Waals surface area contributed by atoms with Gasteiger partial charge in [0.15, 0.2) is 5.75 Å². The van der Waals surface area contributed by atoms with Crippen molar-refractivity contribution in [2.45, 2.75) is 43.1 Å². The van der Waals surface area contributed by atoms with Crippen LogP contribution in [0.1, 0.15) is 41.1 Å². The highest BCUT2D eigenvalue weighted by molar-refractivity contribution is 5.92. The van der Waals surface area contributed by atoms with Crippen LogP contribution in [0.2, 0.25) is 0 Å². The lowest BCUT2D eigenvalue weighted by atomic mass is 9.82. The Morgan fingerprint density at radius 1 is 1.19 bits per heavy atom. The molecule has 1 saturated carbocycles. The molecule has 1 amide bonds. The van der Waals surface area contributed by atoms with Crippen LogP contribution in [0.4, 0.5) is 22.0 Å². The van der Waals surface area contributed by atoms with Crippen LogP contribution in [0.5, 0.6) is 11.6 Å². The first-order valence-electron chi connectivity index (χ1n) is 11.7. The Labute approximate surface area is 208 Å². The van der Waals surface area contributed by atoms with E-state index in [1.54, 1.807) is 0 Å². The van der Waals surface area contributed by atoms with E-state index in [1.807, 2.05) is 0 Å². The van der Waals surface area contributed by atoms with Gasteiger partial charge in [-0.15, -0.1) is 0 Å². The van der Waals surface area contributed by atoms with Crippen molar-refractivity contribution in [3.05, 3.63) is 47.4 Å². The summed E-state index contributed by atoms with van der Waals surface area (Å²) in [6, 6.07) is 6.55. The minimum absolute atomic E-state index is 0.0388. The first-order chi connectivity index (χ1) is 17.5. The van der Waals surface area contributed by atoms with Gasteiger partial charge in [-0.05, 0) is 24.3 Å². The minimum atomic E-state index is -4.61. The molecule has 1 aliphatic carbocycles. The van der Waals surface area contributed by atoms with Crippen molar-refractivity contribution in [2.24, 2.45) is 5.92 Å². The maximum Gasteiger partial charge on any atom is 0.433 e. The molecular weight excluding hydrogens is 505 g/mol. The Hall–Kier alpha value is -3.06. The predicted octanol–water partition coefficient (Wildman–Crippen LogP) is 4.04. The molecular formula is C24H24F5N3O5. The van der Waals surface area contributed by atoms with E-state index in [0.29, 0.717) is 0 Å². The molecule has 3 aliphatic rings. The van der Waals surface area contributed by atoms with E-state index in [4.69, 9.17) is 18.9 Å². The largest absolute Gasteiger partial charge is 0.488 e. The van der Waals surface area contributed by atoms with Gasteiger partial charge in [0.2, 0.25) is 5.92 Å². The molecule has 13 heteroatoms. The number of rotatable bonds is 6. The van der Waals surface area contributed by atoms with Gasteiger partial charge in [0, 0.05) is 31.7 Å². The van der Waals surface area contributed by atoms with Crippen LogP contribution in [0, 0.1) is 5.92 Å². The maximum atomic E-state index is 13.2. The average molecular weight is 529 g/mol. The number of hydrogen-bond donors (Lipinski definition) is 0. The molecule has 3 fully saturated rings. The summed E-state index contributed by atoms with van der Waals surface area (Å²) in [6.07, 6.45) is -5.65. The Morgan fingerprint density at radius 3 is 2.68 bits per heavy atom. The van der Waals surface area contributed by atoms with Gasteiger partial charge >= 0.3 is 6.18 Å². The zero-order valence-corrected chi connectivity index (χ0v) is 19.8. The number of pyridine rings is 2. The highest BCUT2D eigenvalue weighted by Gasteiger charge is 2.53. The molecule has 5 rings (SSSR count). The predicted molar refractivity (Wildman–Crippen MR) is 116 cm³/mol. The number of carbonyl (C=O) groups is 1. The number of piperidine rings is 1. The Balaban J connectivity index is 1.28. The number of carbonyl (C=O) groups excluding carboxylic acids is 1. The molecule has 0 bridgehead atoms. The van der Waals surface area contributed by atoms with Crippen LogP contribution in [0.3, 0.4) is 0 Å². The van der Waals surface area contributed by atoms with Gasteiger partial charge in [0.25, 0.3) is 11.8 Å². The molecule has 0 aromatic carbocycles. The van der Waals surface area contributed by atoms with Gasteiger partial charge in [0.05, 0.1) is 26.0 Å². The molecule has 0 radical (unpaired) electrons. The lowest BCUT2D eigenvalue weighted by Crippen LogP contribution is -2.54. The fraction of sp³-hybridized carbons (Fsp3) is 0.542. The van der Waals surface area contributed by atoms with E-state index in [-0.39, 0.29) is 74.7 Å². The smallest absolute Gasteiger partial charge is 0.433 e. The zero-order valence-electron chi connectivity index (χ0n) is 19.8. The molecule has 0 spiro atoms. The molecule has 2 aliphatic heterocycles. The molecule has 200 valence electrons. The molecule has 2 atom stereocenters. The summed E-state index contributed by atoms with van der Waals surface area (Å²) in [5.41, 5.74) is -2.08. The van der Waals surface area contributed by atoms with Crippen LogP contribution in [-0.2, 0) is 21.3 Å². The van der Waals surface area contributed by atoms with Gasteiger partial charge in [-0.25, -0.2) is 18.7 Å². The van der Waals surface area contributed by atoms with Gasteiger partial charge < -0.3 is 23.8 Å². The number of hydrogen-bond acceptors (Lipinski definition) is 7. The van der Waals surface area contributed by atoms with Crippen molar-refractivity contribution >= 4 is 5.91 Å². The lowest BCUT2D eigenvalue weighted by molar-refractivity contribution is -0.141. The highest BCUT2D eigenvalue weighted by Crippen LogP contribution is 2.44. The summed E-state index contributed by atoms with van der Waals surface area (Å²) in [5, 5.41) is 0. The summed E-state index contributed by atoms with van der Waals surface area (Å²) in [5.74, 6) is -3.09. The second-order valence-electron chi connectivity index (χ2n) is 9.36. The molecule has 37 heavy (non-hydrogen) atoms. The Kier molecular flexibility index (Phi) is 6.47. The topological polar surface area (TPSA) is 83.0 Å². The molecule has 8 nitrogen and oxygen atoms in total. The highest BCUT2D eigenvalue weighted by atomic mass is 19.4. The summed E-state index contributed by atoms with van der Waals surface area (Å²) in [7, 11) is 1.35. The summed E-state index contributed by atoms with van der Waals surface area (Å²) < 4.78 is 88.0. The molecule has 4 heterocycles. The van der Waals surface area contributed by atoms with Crippen LogP contribution in [-0.4, -0.2) is 66.4 Å². The minimum Gasteiger partial charge on any atom is -0.488 e. The first-order valence-corrected chi connectivity index (χ1v) is 11.7. The first kappa shape index (κ1) is 25.6. The van der Waals surface area contributed by atoms with E-state index in [2.05, 4.69) is 9.97 Å². The molecule has 2 saturated heterocycles. The number of halogens is 5. The van der Waals surface area contributed by atoms with Crippen LogP contribution >= 0.6 is 0 Å². The van der Waals surface area contributed by atoms with Crippen LogP contribution in [0.25, 0.3) is 0 Å². The van der Waals surface area contributed by atoms with Gasteiger partial charge in [-0.2, -0.15) is 13.2 Å². The van der Waals surface area contributed by atoms with Crippen molar-refractivity contribution in [2.75, 3.05) is 33.6 Å². The number of aromatic nitrogens is 2. The number of ether oxygens (including phenoxy) is 4. The average Bonchev–Trinajstić information content (AvgIpc) is 3.29. The molecule has 0 N–H and O–H groups in total. The van der Waals surface area contributed by atoms with Gasteiger partial charge in [-0.1, -0.05) is 6.07 Å². The third kappa shape index (κ3) is 4.93. The van der Waals surface area contributed by atoms with E-state index < -0.39 is 35.4 Å². The van der Waals surface area contributed by atoms with E-state index in [0.717, 1.165) is 6.07 Å². The quantitative estimate of drug-likeness (QED) is 0.523. The Bertz CT molecular complexity index is 1170. The van der Waals surface area contributed by atoms with Crippen molar-refractivity contribution in [3.63, 3.8) is 0 Å². The Morgan fingerprint density at radius 2 is 1.97 bits per heavy atom. The fourth-order valence-corrected chi connectivity index (χ4v) is 4.93. The number of likely N-dealkylation sites (tertiary alicyclic amines) is 1. The number of nitrogens with zero attached hydrogens (tertiary/aromatic N) is 3. The normalized spacial score (nSPS) is 25.4. The number of alkyl halides is 5. The van der Waals surface area contributed by atoms with Crippen molar-refractivity contribution in [3.8, 4) is 11.6 Å².